The van der Waals surface area contributed by atoms with Crippen molar-refractivity contribution >= 4 is 39.1 Å². The lowest BCUT2D eigenvalue weighted by Gasteiger charge is -2.18. The van der Waals surface area contributed by atoms with Crippen LogP contribution in [0.5, 0.6) is 0 Å². The lowest BCUT2D eigenvalue weighted by molar-refractivity contribution is -0.130. The van der Waals surface area contributed by atoms with E-state index < -0.39 is 0 Å². The highest BCUT2D eigenvalue weighted by Crippen LogP contribution is 2.39. The minimum Gasteiger partial charge on any atom is -0.341 e. The topological polar surface area (TPSA) is 20.3 Å². The van der Waals surface area contributed by atoms with E-state index in [0.717, 1.165) is 28.7 Å². The first-order valence-electron chi connectivity index (χ1n) is 7.42. The molecule has 1 fully saturated rings. The maximum absolute atomic E-state index is 12.1. The molecule has 1 unspecified atom stereocenters. The van der Waals surface area contributed by atoms with Crippen LogP contribution < -0.4 is 0 Å². The monoisotopic (exact) mass is 343 g/mol. The van der Waals surface area contributed by atoms with E-state index >= 15 is 0 Å². The van der Waals surface area contributed by atoms with Gasteiger partial charge in [-0.15, -0.1) is 0 Å². The molecule has 1 aliphatic rings. The molecule has 0 bridgehead atoms. The number of carbonyl (C=O) groups excluding carboxylic acids is 1. The number of hydrogen-bond acceptors (Lipinski definition) is 3. The molecule has 0 aromatic heterocycles. The van der Waals surface area contributed by atoms with Crippen molar-refractivity contribution < 1.29 is 4.79 Å². The van der Waals surface area contributed by atoms with Gasteiger partial charge in [0.2, 0.25) is 5.91 Å². The van der Waals surface area contributed by atoms with Crippen LogP contribution in [0.2, 0.25) is 5.02 Å². The Kier molecular flexibility index (Phi) is 7.27. The highest BCUT2D eigenvalue weighted by molar-refractivity contribution is 8.77. The third-order valence-corrected chi connectivity index (χ3v) is 7.06. The van der Waals surface area contributed by atoms with E-state index in [4.69, 9.17) is 11.6 Å². The number of halogens is 1. The van der Waals surface area contributed by atoms with Crippen molar-refractivity contribution in [1.29, 1.82) is 0 Å². The van der Waals surface area contributed by atoms with Crippen molar-refractivity contribution in [1.82, 2.24) is 4.90 Å². The van der Waals surface area contributed by atoms with Gasteiger partial charge < -0.3 is 4.90 Å². The van der Waals surface area contributed by atoms with Crippen molar-refractivity contribution in [3.8, 4) is 0 Å². The van der Waals surface area contributed by atoms with Gasteiger partial charge in [-0.1, -0.05) is 57.8 Å². The van der Waals surface area contributed by atoms with E-state index in [9.17, 15) is 4.79 Å². The van der Waals surface area contributed by atoms with Crippen LogP contribution in [-0.2, 0) is 11.3 Å². The van der Waals surface area contributed by atoms with E-state index in [0.29, 0.717) is 13.0 Å². The Morgan fingerprint density at radius 1 is 1.38 bits per heavy atom. The molecule has 0 radical (unpaired) electrons. The fourth-order valence-corrected chi connectivity index (χ4v) is 5.60. The minimum absolute atomic E-state index is 0.211. The Labute approximate surface area is 140 Å². The highest BCUT2D eigenvalue weighted by Gasteiger charge is 2.16. The zero-order valence-corrected chi connectivity index (χ0v) is 14.8. The van der Waals surface area contributed by atoms with Gasteiger partial charge in [-0.3, -0.25) is 4.79 Å². The summed E-state index contributed by atoms with van der Waals surface area (Å²) in [6.45, 7) is 0.591. The second-order valence-corrected chi connectivity index (χ2v) is 8.61. The van der Waals surface area contributed by atoms with Crippen molar-refractivity contribution in [2.45, 2.75) is 43.9 Å². The molecule has 0 aliphatic carbocycles. The van der Waals surface area contributed by atoms with Crippen molar-refractivity contribution in [3.05, 3.63) is 34.9 Å². The summed E-state index contributed by atoms with van der Waals surface area (Å²) in [5.74, 6) is 1.50. The van der Waals surface area contributed by atoms with Crippen LogP contribution >= 0.6 is 33.2 Å². The summed E-state index contributed by atoms with van der Waals surface area (Å²) in [7, 11) is 5.86. The first-order valence-corrected chi connectivity index (χ1v) is 10.2. The summed E-state index contributed by atoms with van der Waals surface area (Å²) in [4.78, 5) is 13.9. The molecule has 0 spiro atoms. The van der Waals surface area contributed by atoms with Crippen LogP contribution in [0.3, 0.4) is 0 Å². The van der Waals surface area contributed by atoms with Crippen LogP contribution in [0, 0.1) is 0 Å². The lowest BCUT2D eigenvalue weighted by Crippen LogP contribution is -2.26. The van der Waals surface area contributed by atoms with Gasteiger partial charge >= 0.3 is 0 Å². The molecule has 2 rings (SSSR count). The van der Waals surface area contributed by atoms with Crippen LogP contribution in [0.25, 0.3) is 0 Å². The van der Waals surface area contributed by atoms with Gasteiger partial charge in [-0.25, -0.2) is 0 Å². The summed E-state index contributed by atoms with van der Waals surface area (Å²) >= 11 is 6.13. The first-order chi connectivity index (χ1) is 10.2. The largest absolute Gasteiger partial charge is 0.341 e. The number of hydrogen-bond donors (Lipinski definition) is 0. The minimum atomic E-state index is 0.211. The summed E-state index contributed by atoms with van der Waals surface area (Å²) < 4.78 is 0. The van der Waals surface area contributed by atoms with Gasteiger partial charge in [0, 0.05) is 36.0 Å². The normalized spacial score (nSPS) is 17.9. The van der Waals surface area contributed by atoms with E-state index in [-0.39, 0.29) is 5.91 Å². The Balaban J connectivity index is 1.66. The van der Waals surface area contributed by atoms with Gasteiger partial charge in [-0.2, -0.15) is 0 Å². The van der Waals surface area contributed by atoms with E-state index in [1.165, 1.54) is 18.6 Å². The van der Waals surface area contributed by atoms with Gasteiger partial charge in [0.1, 0.15) is 0 Å². The second kappa shape index (κ2) is 8.96. The SMILES string of the molecule is CN(Cc1ccccc1Cl)C(=O)CCCCC1CCSS1. The highest BCUT2D eigenvalue weighted by atomic mass is 35.5. The predicted octanol–water partition coefficient (Wildman–Crippen LogP) is 5.01. The average molecular weight is 344 g/mol. The molecule has 1 heterocycles. The Hall–Kier alpha value is -0.320. The van der Waals surface area contributed by atoms with Crippen molar-refractivity contribution in [2.24, 2.45) is 0 Å². The fraction of sp³-hybridized carbons (Fsp3) is 0.562. The fourth-order valence-electron chi connectivity index (χ4n) is 2.37. The molecule has 1 atom stereocenters. The molecule has 5 heteroatoms. The van der Waals surface area contributed by atoms with Crippen LogP contribution in [-0.4, -0.2) is 28.9 Å². The summed E-state index contributed by atoms with van der Waals surface area (Å²) in [5, 5.41) is 1.54. The van der Waals surface area contributed by atoms with Gasteiger partial charge in [0.15, 0.2) is 0 Å². The Morgan fingerprint density at radius 2 is 2.19 bits per heavy atom. The molecule has 1 aromatic carbocycles. The standard InChI is InChI=1S/C16H22ClNOS2/c1-18(12-13-6-2-4-8-15(13)17)16(19)9-5-3-7-14-10-11-20-21-14/h2,4,6,8,14H,3,5,7,9-12H2,1H3. The molecule has 116 valence electrons. The number of benzene rings is 1. The van der Waals surface area contributed by atoms with E-state index in [1.807, 2.05) is 52.9 Å². The Morgan fingerprint density at radius 3 is 2.90 bits per heavy atom. The average Bonchev–Trinajstić information content (AvgIpc) is 2.99. The smallest absolute Gasteiger partial charge is 0.222 e. The summed E-state index contributed by atoms with van der Waals surface area (Å²) in [6, 6.07) is 7.71. The molecule has 21 heavy (non-hydrogen) atoms. The van der Waals surface area contributed by atoms with E-state index in [2.05, 4.69) is 0 Å². The van der Waals surface area contributed by atoms with Gasteiger partial charge in [-0.05, 0) is 30.9 Å². The number of amides is 1. The molecular weight excluding hydrogens is 322 g/mol. The van der Waals surface area contributed by atoms with Gasteiger partial charge in [0.05, 0.1) is 0 Å². The predicted molar refractivity (Wildman–Crippen MR) is 94.8 cm³/mol. The molecule has 0 N–H and O–H groups in total. The molecule has 1 saturated heterocycles. The third-order valence-electron chi connectivity index (χ3n) is 3.69. The molecule has 1 aliphatic heterocycles. The van der Waals surface area contributed by atoms with Crippen LogP contribution in [0.4, 0.5) is 0 Å². The van der Waals surface area contributed by atoms with Crippen molar-refractivity contribution in [2.75, 3.05) is 12.8 Å². The van der Waals surface area contributed by atoms with Crippen molar-refractivity contribution in [3.63, 3.8) is 0 Å². The molecule has 1 aromatic rings. The number of nitrogens with zero attached hydrogens (tertiary/aromatic N) is 1. The Bertz CT molecular complexity index is 463. The number of unbranched alkanes of at least 4 members (excludes halogenated alkanes) is 1. The summed E-state index contributed by atoms with van der Waals surface area (Å²) in [5.41, 5.74) is 1.01. The quantitative estimate of drug-likeness (QED) is 0.512. The first kappa shape index (κ1) is 17.0. The van der Waals surface area contributed by atoms with Crippen LogP contribution in [0.1, 0.15) is 37.7 Å². The zero-order chi connectivity index (χ0) is 15.1. The second-order valence-electron chi connectivity index (χ2n) is 5.42. The maximum Gasteiger partial charge on any atom is 0.222 e. The van der Waals surface area contributed by atoms with Crippen LogP contribution in [0.15, 0.2) is 24.3 Å². The molecule has 1 amide bonds. The molecular formula is C16H22ClNOS2. The lowest BCUT2D eigenvalue weighted by atomic mass is 10.1. The van der Waals surface area contributed by atoms with E-state index in [1.54, 1.807) is 4.90 Å². The van der Waals surface area contributed by atoms with Gasteiger partial charge in [0.25, 0.3) is 0 Å². The number of rotatable bonds is 7. The molecule has 0 saturated carbocycles. The zero-order valence-electron chi connectivity index (χ0n) is 12.4. The summed E-state index contributed by atoms with van der Waals surface area (Å²) in [6.07, 6.45) is 5.37. The molecule has 2 nitrogen and oxygen atoms in total. The number of carbonyl (C=O) groups is 1. The third kappa shape index (κ3) is 5.76. The maximum atomic E-state index is 12.1.